The summed E-state index contributed by atoms with van der Waals surface area (Å²) >= 11 is 0. The fraction of sp³-hybridized carbons (Fsp3) is 0.333. The highest BCUT2D eigenvalue weighted by atomic mass is 19.4. The van der Waals surface area contributed by atoms with Crippen molar-refractivity contribution in [1.29, 1.82) is 0 Å². The van der Waals surface area contributed by atoms with Gasteiger partial charge in [0.15, 0.2) is 0 Å². The van der Waals surface area contributed by atoms with E-state index in [1.165, 1.54) is 6.20 Å². The Morgan fingerprint density at radius 3 is 2.33 bits per heavy atom. The number of aromatic nitrogens is 1. The maximum Gasteiger partial charge on any atom is 0.409 e. The van der Waals surface area contributed by atoms with Gasteiger partial charge in [0.05, 0.1) is 0 Å². The minimum atomic E-state index is -4.43. The number of rotatable bonds is 1. The van der Waals surface area contributed by atoms with Crippen LogP contribution in [0.3, 0.4) is 0 Å². The summed E-state index contributed by atoms with van der Waals surface area (Å²) < 4.78 is 35.9. The van der Waals surface area contributed by atoms with Gasteiger partial charge in [-0.25, -0.2) is 0 Å². The predicted molar refractivity (Wildman–Crippen MR) is 38.2 cm³/mol. The molecule has 0 bridgehead atoms. The molecule has 0 saturated heterocycles. The average molecular weight is 179 g/mol. The molecule has 0 aromatic carbocycles. The van der Waals surface area contributed by atoms with Gasteiger partial charge in [0.1, 0.15) is 6.04 Å². The van der Waals surface area contributed by atoms with E-state index in [0.717, 1.165) is 6.07 Å². The first kappa shape index (κ1) is 8.92. The summed E-state index contributed by atoms with van der Waals surface area (Å²) in [4.78, 5) is 2.34. The van der Waals surface area contributed by atoms with E-state index in [9.17, 15) is 13.2 Å². The molecule has 1 rings (SSSR count). The molecule has 6 heteroatoms. The van der Waals surface area contributed by atoms with Crippen LogP contribution in [0.4, 0.5) is 18.9 Å². The molecule has 0 fully saturated rings. The third-order valence-corrected chi connectivity index (χ3v) is 1.42. The van der Waals surface area contributed by atoms with E-state index in [1.54, 1.807) is 0 Å². The van der Waals surface area contributed by atoms with E-state index >= 15 is 0 Å². The lowest BCUT2D eigenvalue weighted by Crippen LogP contribution is -2.28. The molecule has 5 N–H and O–H groups in total. The van der Waals surface area contributed by atoms with Crippen LogP contribution in [0.25, 0.3) is 0 Å². The highest BCUT2D eigenvalue weighted by Gasteiger charge is 2.38. The van der Waals surface area contributed by atoms with Crippen molar-refractivity contribution < 1.29 is 13.2 Å². The van der Waals surface area contributed by atoms with Crippen LogP contribution in [-0.2, 0) is 0 Å². The fourth-order valence-electron chi connectivity index (χ4n) is 0.785. The molecular formula is C6H8F3N3. The smallest absolute Gasteiger partial charge is 0.397 e. The van der Waals surface area contributed by atoms with Crippen LogP contribution in [-0.4, -0.2) is 11.2 Å². The lowest BCUT2D eigenvalue weighted by molar-refractivity contribution is -0.149. The highest BCUT2D eigenvalue weighted by Crippen LogP contribution is 2.30. The number of anilines is 1. The fourth-order valence-corrected chi connectivity index (χ4v) is 0.785. The maximum atomic E-state index is 12.0. The third kappa shape index (κ3) is 1.70. The average Bonchev–Trinajstić information content (AvgIpc) is 2.32. The second-order valence-corrected chi connectivity index (χ2v) is 2.41. The van der Waals surface area contributed by atoms with Crippen LogP contribution in [0.1, 0.15) is 11.7 Å². The van der Waals surface area contributed by atoms with Crippen molar-refractivity contribution in [1.82, 2.24) is 4.98 Å². The molecule has 12 heavy (non-hydrogen) atoms. The zero-order valence-corrected chi connectivity index (χ0v) is 6.02. The lowest BCUT2D eigenvalue weighted by atomic mass is 10.2. The maximum absolute atomic E-state index is 12.0. The van der Waals surface area contributed by atoms with Gasteiger partial charge < -0.3 is 16.5 Å². The molecule has 68 valence electrons. The first-order valence-corrected chi connectivity index (χ1v) is 3.17. The van der Waals surface area contributed by atoms with E-state index < -0.39 is 12.2 Å². The van der Waals surface area contributed by atoms with Crippen molar-refractivity contribution >= 4 is 5.69 Å². The van der Waals surface area contributed by atoms with E-state index in [-0.39, 0.29) is 11.4 Å². The molecule has 0 unspecified atom stereocenters. The molecular weight excluding hydrogens is 171 g/mol. The number of nitrogens with one attached hydrogen (secondary N) is 1. The summed E-state index contributed by atoms with van der Waals surface area (Å²) in [5.41, 5.74) is 10.2. The van der Waals surface area contributed by atoms with Gasteiger partial charge in [0.2, 0.25) is 0 Å². The van der Waals surface area contributed by atoms with Gasteiger partial charge in [-0.1, -0.05) is 0 Å². The molecule has 1 atom stereocenters. The van der Waals surface area contributed by atoms with Crippen molar-refractivity contribution in [3.8, 4) is 0 Å². The first-order chi connectivity index (χ1) is 5.41. The minimum absolute atomic E-state index is 0.125. The van der Waals surface area contributed by atoms with Crippen molar-refractivity contribution in [3.63, 3.8) is 0 Å². The molecule has 0 saturated carbocycles. The lowest BCUT2D eigenvalue weighted by Gasteiger charge is -2.13. The van der Waals surface area contributed by atoms with Crippen molar-refractivity contribution in [2.24, 2.45) is 5.73 Å². The molecule has 0 aliphatic carbocycles. The van der Waals surface area contributed by atoms with Gasteiger partial charge in [-0.2, -0.15) is 13.2 Å². The molecule has 3 nitrogen and oxygen atoms in total. The second kappa shape index (κ2) is 2.71. The standard InChI is InChI=1S/C6H8F3N3/c7-6(8,9)5(11)4-1-3(10)2-12-4/h1-2,5,12H,10-11H2/t5-/m1/s1. The second-order valence-electron chi connectivity index (χ2n) is 2.41. The van der Waals surface area contributed by atoms with Crippen LogP contribution in [0.2, 0.25) is 0 Å². The molecule has 1 aromatic rings. The van der Waals surface area contributed by atoms with Gasteiger partial charge in [-0.15, -0.1) is 0 Å². The first-order valence-electron chi connectivity index (χ1n) is 3.17. The van der Waals surface area contributed by atoms with Crippen molar-refractivity contribution in [2.75, 3.05) is 5.73 Å². The normalized spacial score (nSPS) is 14.7. The third-order valence-electron chi connectivity index (χ3n) is 1.42. The zero-order valence-electron chi connectivity index (χ0n) is 6.02. The Labute approximate surface area is 66.5 Å². The molecule has 0 spiro atoms. The van der Waals surface area contributed by atoms with E-state index in [0.29, 0.717) is 0 Å². The molecule has 0 amide bonds. The van der Waals surface area contributed by atoms with E-state index in [1.807, 2.05) is 0 Å². The number of hydrogen-bond acceptors (Lipinski definition) is 2. The SMILES string of the molecule is Nc1c[nH]c([C@@H](N)C(F)(F)F)c1. The number of nitrogen functional groups attached to an aromatic ring is 1. The molecule has 0 radical (unpaired) electrons. The summed E-state index contributed by atoms with van der Waals surface area (Å²) in [5, 5.41) is 0. The molecule has 0 aliphatic heterocycles. The minimum Gasteiger partial charge on any atom is -0.397 e. The molecule has 1 heterocycles. The van der Waals surface area contributed by atoms with Gasteiger partial charge in [-0.3, -0.25) is 0 Å². The monoisotopic (exact) mass is 179 g/mol. The van der Waals surface area contributed by atoms with Crippen LogP contribution in [0, 0.1) is 0 Å². The van der Waals surface area contributed by atoms with E-state index in [4.69, 9.17) is 11.5 Å². The zero-order chi connectivity index (χ0) is 9.35. The Morgan fingerprint density at radius 1 is 1.42 bits per heavy atom. The Balaban J connectivity index is 2.85. The number of hydrogen-bond donors (Lipinski definition) is 3. The Bertz CT molecular complexity index is 265. The Kier molecular flexibility index (Phi) is 2.01. The number of alkyl halides is 3. The van der Waals surface area contributed by atoms with E-state index in [2.05, 4.69) is 4.98 Å². The van der Waals surface area contributed by atoms with Gasteiger partial charge >= 0.3 is 6.18 Å². The largest absolute Gasteiger partial charge is 0.409 e. The summed E-state index contributed by atoms with van der Waals surface area (Å²) in [6.45, 7) is 0. The topological polar surface area (TPSA) is 67.8 Å². The van der Waals surface area contributed by atoms with Crippen LogP contribution in [0.5, 0.6) is 0 Å². The highest BCUT2D eigenvalue weighted by molar-refractivity contribution is 5.38. The van der Waals surface area contributed by atoms with Crippen LogP contribution in [0.15, 0.2) is 12.3 Å². The number of H-pyrrole nitrogens is 1. The summed E-state index contributed by atoms with van der Waals surface area (Å²) in [5.74, 6) is 0. The number of nitrogens with two attached hydrogens (primary N) is 2. The van der Waals surface area contributed by atoms with Gasteiger partial charge in [0.25, 0.3) is 0 Å². The molecule has 0 aliphatic rings. The Hall–Kier alpha value is -1.17. The summed E-state index contributed by atoms with van der Waals surface area (Å²) in [6.07, 6.45) is -3.17. The Morgan fingerprint density at radius 2 is 2.00 bits per heavy atom. The number of aromatic amines is 1. The van der Waals surface area contributed by atoms with Crippen molar-refractivity contribution in [2.45, 2.75) is 12.2 Å². The van der Waals surface area contributed by atoms with Gasteiger partial charge in [0, 0.05) is 17.6 Å². The van der Waals surface area contributed by atoms with Crippen LogP contribution >= 0.6 is 0 Å². The van der Waals surface area contributed by atoms with Crippen LogP contribution < -0.4 is 11.5 Å². The molecule has 1 aromatic heterocycles. The van der Waals surface area contributed by atoms with Crippen molar-refractivity contribution in [3.05, 3.63) is 18.0 Å². The summed E-state index contributed by atoms with van der Waals surface area (Å²) in [6, 6.07) is -0.826. The summed E-state index contributed by atoms with van der Waals surface area (Å²) in [7, 11) is 0. The number of halogens is 3. The quantitative estimate of drug-likeness (QED) is 0.605. The predicted octanol–water partition coefficient (Wildman–Crippen LogP) is 1.16. The van der Waals surface area contributed by atoms with Gasteiger partial charge in [-0.05, 0) is 6.07 Å².